The lowest BCUT2D eigenvalue weighted by Gasteiger charge is -2.42. The molecule has 4 heterocycles. The van der Waals surface area contributed by atoms with E-state index in [2.05, 4.69) is 22.0 Å². The molecule has 4 saturated heterocycles. The van der Waals surface area contributed by atoms with Gasteiger partial charge in [-0.1, -0.05) is 0 Å². The van der Waals surface area contributed by atoms with E-state index in [0.29, 0.717) is 6.04 Å². The van der Waals surface area contributed by atoms with E-state index < -0.39 is 0 Å². The molecule has 1 N–H and O–H groups in total. The van der Waals surface area contributed by atoms with Gasteiger partial charge in [0, 0.05) is 30.5 Å². The number of rotatable bonds is 2. The maximum absolute atomic E-state index is 6.15. The predicted molar refractivity (Wildman–Crippen MR) is 84.4 cm³/mol. The minimum Gasteiger partial charge on any atom is -0.374 e. The first-order chi connectivity index (χ1) is 9.83. The van der Waals surface area contributed by atoms with Gasteiger partial charge in [-0.25, -0.2) is 0 Å². The third-order valence-corrected chi connectivity index (χ3v) is 7.07. The molecular formula is C16H28N2OS. The maximum Gasteiger partial charge on any atom is 0.0795 e. The van der Waals surface area contributed by atoms with E-state index in [1.807, 2.05) is 0 Å². The number of ether oxygens (including phenoxy) is 1. The van der Waals surface area contributed by atoms with Crippen molar-refractivity contribution in [3.05, 3.63) is 0 Å². The minimum absolute atomic E-state index is 0.231. The second kappa shape index (κ2) is 5.79. The van der Waals surface area contributed by atoms with E-state index in [9.17, 15) is 0 Å². The standard InChI is InChI=1S/C16H28N2OS/c1-2-15-10-13(3-7-18(15)6-1)17-14-4-8-19-16(11-14)5-9-20-12-16/h13-15,17H,1-12H2. The molecule has 4 unspecified atom stereocenters. The Morgan fingerprint density at radius 2 is 2.15 bits per heavy atom. The molecule has 4 heteroatoms. The molecule has 4 aliphatic rings. The van der Waals surface area contributed by atoms with Gasteiger partial charge < -0.3 is 15.0 Å². The van der Waals surface area contributed by atoms with Crippen molar-refractivity contribution in [2.24, 2.45) is 0 Å². The molecule has 1 spiro atoms. The smallest absolute Gasteiger partial charge is 0.0795 e. The summed E-state index contributed by atoms with van der Waals surface area (Å²) in [5.41, 5.74) is 0.231. The minimum atomic E-state index is 0.231. The molecule has 0 aliphatic carbocycles. The van der Waals surface area contributed by atoms with Gasteiger partial charge in [0.15, 0.2) is 0 Å². The average Bonchev–Trinajstić information content (AvgIpc) is 3.08. The van der Waals surface area contributed by atoms with Crippen LogP contribution >= 0.6 is 11.8 Å². The van der Waals surface area contributed by atoms with Gasteiger partial charge in [-0.3, -0.25) is 0 Å². The van der Waals surface area contributed by atoms with Gasteiger partial charge in [0.25, 0.3) is 0 Å². The van der Waals surface area contributed by atoms with Crippen LogP contribution in [0, 0.1) is 0 Å². The molecule has 0 radical (unpaired) electrons. The fourth-order valence-corrected chi connectivity index (χ4v) is 6.12. The fraction of sp³-hybridized carbons (Fsp3) is 1.00. The van der Waals surface area contributed by atoms with Crippen LogP contribution in [0.25, 0.3) is 0 Å². The number of nitrogens with zero attached hydrogens (tertiary/aromatic N) is 1. The zero-order chi connectivity index (χ0) is 13.4. The summed E-state index contributed by atoms with van der Waals surface area (Å²) < 4.78 is 6.15. The van der Waals surface area contributed by atoms with Crippen molar-refractivity contribution in [2.75, 3.05) is 31.2 Å². The fourth-order valence-electron chi connectivity index (χ4n) is 4.74. The summed E-state index contributed by atoms with van der Waals surface area (Å²) in [5.74, 6) is 2.53. The third kappa shape index (κ3) is 2.77. The van der Waals surface area contributed by atoms with Gasteiger partial charge >= 0.3 is 0 Å². The van der Waals surface area contributed by atoms with Crippen molar-refractivity contribution in [1.29, 1.82) is 0 Å². The quantitative estimate of drug-likeness (QED) is 0.845. The highest BCUT2D eigenvalue weighted by atomic mass is 32.2. The molecule has 0 aromatic rings. The summed E-state index contributed by atoms with van der Waals surface area (Å²) >= 11 is 2.08. The Morgan fingerprint density at radius 3 is 3.05 bits per heavy atom. The van der Waals surface area contributed by atoms with Gasteiger partial charge in [-0.15, -0.1) is 0 Å². The molecule has 0 saturated carbocycles. The van der Waals surface area contributed by atoms with Gasteiger partial charge in [0.05, 0.1) is 5.60 Å². The van der Waals surface area contributed by atoms with Crippen molar-refractivity contribution in [1.82, 2.24) is 10.2 Å². The Morgan fingerprint density at radius 1 is 1.15 bits per heavy atom. The first-order valence-electron chi connectivity index (χ1n) is 8.55. The highest BCUT2D eigenvalue weighted by Gasteiger charge is 2.41. The lowest BCUT2D eigenvalue weighted by molar-refractivity contribution is -0.0722. The highest BCUT2D eigenvalue weighted by Crippen LogP contribution is 2.38. The number of piperidine rings is 1. The number of fused-ring (bicyclic) bond motifs is 1. The Balaban J connectivity index is 1.32. The number of nitrogens with one attached hydrogen (secondary N) is 1. The van der Waals surface area contributed by atoms with Crippen LogP contribution in [0.1, 0.15) is 44.9 Å². The van der Waals surface area contributed by atoms with Crippen LogP contribution in [-0.2, 0) is 4.74 Å². The molecule has 0 amide bonds. The van der Waals surface area contributed by atoms with E-state index in [1.54, 1.807) is 0 Å². The van der Waals surface area contributed by atoms with Crippen molar-refractivity contribution < 1.29 is 4.74 Å². The molecular weight excluding hydrogens is 268 g/mol. The zero-order valence-electron chi connectivity index (χ0n) is 12.5. The largest absolute Gasteiger partial charge is 0.374 e. The topological polar surface area (TPSA) is 24.5 Å². The van der Waals surface area contributed by atoms with Gasteiger partial charge in [-0.2, -0.15) is 11.8 Å². The molecule has 4 rings (SSSR count). The zero-order valence-corrected chi connectivity index (χ0v) is 13.3. The summed E-state index contributed by atoms with van der Waals surface area (Å²) in [4.78, 5) is 2.72. The van der Waals surface area contributed by atoms with Crippen molar-refractivity contribution in [3.8, 4) is 0 Å². The molecule has 0 aromatic heterocycles. The van der Waals surface area contributed by atoms with Crippen LogP contribution in [0.2, 0.25) is 0 Å². The molecule has 20 heavy (non-hydrogen) atoms. The first-order valence-corrected chi connectivity index (χ1v) is 9.70. The molecule has 4 aliphatic heterocycles. The number of thioether (sulfide) groups is 1. The maximum atomic E-state index is 6.15. The highest BCUT2D eigenvalue weighted by molar-refractivity contribution is 7.99. The molecule has 0 aromatic carbocycles. The second-order valence-corrected chi connectivity index (χ2v) is 8.35. The van der Waals surface area contributed by atoms with Gasteiger partial charge in [0.2, 0.25) is 0 Å². The lowest BCUT2D eigenvalue weighted by Crippen LogP contribution is -2.53. The van der Waals surface area contributed by atoms with E-state index >= 15 is 0 Å². The second-order valence-electron chi connectivity index (χ2n) is 7.24. The predicted octanol–water partition coefficient (Wildman–Crippen LogP) is 2.26. The van der Waals surface area contributed by atoms with Crippen molar-refractivity contribution in [3.63, 3.8) is 0 Å². The van der Waals surface area contributed by atoms with Crippen LogP contribution in [0.15, 0.2) is 0 Å². The summed E-state index contributed by atoms with van der Waals surface area (Å²) in [5, 5.41) is 4.01. The molecule has 4 atom stereocenters. The van der Waals surface area contributed by atoms with Gasteiger partial charge in [-0.05, 0) is 63.8 Å². The Labute approximate surface area is 127 Å². The van der Waals surface area contributed by atoms with Crippen LogP contribution < -0.4 is 5.32 Å². The van der Waals surface area contributed by atoms with Crippen molar-refractivity contribution >= 4 is 11.8 Å². The van der Waals surface area contributed by atoms with Crippen LogP contribution in [-0.4, -0.2) is 59.8 Å². The van der Waals surface area contributed by atoms with E-state index in [0.717, 1.165) is 18.7 Å². The van der Waals surface area contributed by atoms with Crippen LogP contribution in [0.4, 0.5) is 0 Å². The van der Waals surface area contributed by atoms with Crippen molar-refractivity contribution in [2.45, 2.75) is 68.7 Å². The average molecular weight is 296 g/mol. The Hall–Kier alpha value is 0.230. The first kappa shape index (κ1) is 13.9. The number of hydrogen-bond acceptors (Lipinski definition) is 4. The monoisotopic (exact) mass is 296 g/mol. The summed E-state index contributed by atoms with van der Waals surface area (Å²) in [7, 11) is 0. The van der Waals surface area contributed by atoms with E-state index in [4.69, 9.17) is 4.74 Å². The van der Waals surface area contributed by atoms with E-state index in [-0.39, 0.29) is 5.60 Å². The third-order valence-electron chi connectivity index (χ3n) is 5.85. The Kier molecular flexibility index (Phi) is 4.01. The molecule has 3 nitrogen and oxygen atoms in total. The lowest BCUT2D eigenvalue weighted by atomic mass is 9.88. The summed E-state index contributed by atoms with van der Waals surface area (Å²) in [6, 6.07) is 2.36. The SMILES string of the molecule is C1CC2CC(NC3CCOC4(CCSC4)C3)CCN2C1. The van der Waals surface area contributed by atoms with Crippen LogP contribution in [0.5, 0.6) is 0 Å². The summed E-state index contributed by atoms with van der Waals surface area (Å²) in [6.45, 7) is 3.65. The number of hydrogen-bond donors (Lipinski definition) is 1. The van der Waals surface area contributed by atoms with E-state index in [1.165, 1.54) is 69.5 Å². The molecule has 4 fully saturated rings. The van der Waals surface area contributed by atoms with Gasteiger partial charge in [0.1, 0.15) is 0 Å². The van der Waals surface area contributed by atoms with Crippen LogP contribution in [0.3, 0.4) is 0 Å². The Bertz CT molecular complexity index is 345. The summed E-state index contributed by atoms with van der Waals surface area (Å²) in [6.07, 6.45) is 9.36. The molecule has 114 valence electrons. The molecule has 0 bridgehead atoms. The normalized spacial score (nSPS) is 45.9.